The Morgan fingerprint density at radius 1 is 0.931 bits per heavy atom. The van der Waals surface area contributed by atoms with Gasteiger partial charge in [-0.2, -0.15) is 0 Å². The number of carbonyl (C=O) groups is 1. The molecule has 2 N–H and O–H groups in total. The Labute approximate surface area is 170 Å². The summed E-state index contributed by atoms with van der Waals surface area (Å²) in [5.74, 6) is -0.148. The van der Waals surface area contributed by atoms with E-state index in [0.717, 1.165) is 11.1 Å². The molecule has 150 valence electrons. The highest BCUT2D eigenvalue weighted by Crippen LogP contribution is 2.26. The zero-order chi connectivity index (χ0) is 20.9. The molecule has 0 saturated heterocycles. The van der Waals surface area contributed by atoms with Gasteiger partial charge >= 0.3 is 0 Å². The Balaban J connectivity index is 1.81. The molecule has 3 aromatic rings. The first-order valence-electron chi connectivity index (χ1n) is 8.99. The van der Waals surface area contributed by atoms with Gasteiger partial charge in [-0.1, -0.05) is 54.1 Å². The Morgan fingerprint density at radius 2 is 1.59 bits per heavy atom. The van der Waals surface area contributed by atoms with Gasteiger partial charge in [0.2, 0.25) is 0 Å². The number of anilines is 1. The smallest absolute Gasteiger partial charge is 0.265 e. The van der Waals surface area contributed by atoms with E-state index in [1.807, 2.05) is 31.2 Å². The topological polar surface area (TPSA) is 84.5 Å². The highest BCUT2D eigenvalue weighted by atomic mass is 32.2. The molecule has 0 atom stereocenters. The van der Waals surface area contributed by atoms with Crippen molar-refractivity contribution < 1.29 is 17.9 Å². The fourth-order valence-electron chi connectivity index (χ4n) is 2.79. The number of hydrogen-bond donors (Lipinski definition) is 2. The number of sulfonamides is 1. The van der Waals surface area contributed by atoms with E-state index in [0.29, 0.717) is 6.54 Å². The molecule has 0 bridgehead atoms. The monoisotopic (exact) mass is 410 g/mol. The predicted molar refractivity (Wildman–Crippen MR) is 113 cm³/mol. The number of rotatable bonds is 7. The molecular weight excluding hydrogens is 388 g/mol. The van der Waals surface area contributed by atoms with E-state index < -0.39 is 10.0 Å². The van der Waals surface area contributed by atoms with Gasteiger partial charge in [-0.3, -0.25) is 9.52 Å². The zero-order valence-corrected chi connectivity index (χ0v) is 17.0. The van der Waals surface area contributed by atoms with E-state index in [9.17, 15) is 13.2 Å². The van der Waals surface area contributed by atoms with Gasteiger partial charge in [-0.05, 0) is 36.8 Å². The molecule has 0 unspecified atom stereocenters. The molecule has 0 saturated carbocycles. The molecule has 0 heterocycles. The summed E-state index contributed by atoms with van der Waals surface area (Å²) in [5.41, 5.74) is 2.52. The first kappa shape index (κ1) is 20.4. The minimum Gasteiger partial charge on any atom is -0.495 e. The SMILES string of the molecule is COc1ccccc1S(=O)(=O)Nc1ccccc1C(=O)NCc1ccc(C)cc1. The van der Waals surface area contributed by atoms with Crippen LogP contribution >= 0.6 is 0 Å². The molecular formula is C22H22N2O4S. The number of carbonyl (C=O) groups excluding carboxylic acids is 1. The molecule has 0 aliphatic heterocycles. The van der Waals surface area contributed by atoms with Crippen LogP contribution in [0.15, 0.2) is 77.7 Å². The molecule has 0 aromatic heterocycles. The third kappa shape index (κ3) is 4.94. The van der Waals surface area contributed by atoms with E-state index >= 15 is 0 Å². The first-order valence-corrected chi connectivity index (χ1v) is 10.5. The van der Waals surface area contributed by atoms with Crippen molar-refractivity contribution in [3.63, 3.8) is 0 Å². The standard InChI is InChI=1S/C22H22N2O4S/c1-16-11-13-17(14-12-16)15-23-22(25)18-7-3-4-8-19(18)24-29(26,27)21-10-6-5-9-20(21)28-2/h3-14,24H,15H2,1-2H3,(H,23,25). The molecule has 3 rings (SSSR count). The van der Waals surface area contributed by atoms with Crippen LogP contribution in [0.4, 0.5) is 5.69 Å². The van der Waals surface area contributed by atoms with Crippen molar-refractivity contribution in [1.29, 1.82) is 0 Å². The molecule has 0 radical (unpaired) electrons. The maximum atomic E-state index is 12.8. The van der Waals surface area contributed by atoms with Crippen molar-refractivity contribution in [2.24, 2.45) is 0 Å². The largest absolute Gasteiger partial charge is 0.495 e. The number of ether oxygens (including phenoxy) is 1. The minimum absolute atomic E-state index is 0.00244. The highest BCUT2D eigenvalue weighted by Gasteiger charge is 2.21. The normalized spacial score (nSPS) is 11.0. The number of amides is 1. The summed E-state index contributed by atoms with van der Waals surface area (Å²) >= 11 is 0. The summed E-state index contributed by atoms with van der Waals surface area (Å²) < 4.78 is 33.3. The number of methoxy groups -OCH3 is 1. The molecule has 0 aliphatic carbocycles. The Morgan fingerprint density at radius 3 is 2.31 bits per heavy atom. The van der Waals surface area contributed by atoms with Crippen LogP contribution in [0.3, 0.4) is 0 Å². The minimum atomic E-state index is -3.94. The fraction of sp³-hybridized carbons (Fsp3) is 0.136. The molecule has 3 aromatic carbocycles. The number of nitrogens with one attached hydrogen (secondary N) is 2. The number of para-hydroxylation sites is 2. The molecule has 7 heteroatoms. The first-order chi connectivity index (χ1) is 13.9. The van der Waals surface area contributed by atoms with Gasteiger partial charge < -0.3 is 10.1 Å². The lowest BCUT2D eigenvalue weighted by Crippen LogP contribution is -2.25. The second kappa shape index (κ2) is 8.79. The Bertz CT molecular complexity index is 1110. The van der Waals surface area contributed by atoms with Gasteiger partial charge in [0.05, 0.1) is 18.4 Å². The lowest BCUT2D eigenvalue weighted by Gasteiger charge is -2.14. The molecule has 0 spiro atoms. The number of hydrogen-bond acceptors (Lipinski definition) is 4. The van der Waals surface area contributed by atoms with Crippen LogP contribution in [0.2, 0.25) is 0 Å². The lowest BCUT2D eigenvalue weighted by atomic mass is 10.1. The van der Waals surface area contributed by atoms with Crippen molar-refractivity contribution in [3.05, 3.63) is 89.5 Å². The summed E-state index contributed by atoms with van der Waals surface area (Å²) in [7, 11) is -2.54. The van der Waals surface area contributed by atoms with Gasteiger partial charge in [0.15, 0.2) is 0 Å². The van der Waals surface area contributed by atoms with E-state index in [4.69, 9.17) is 4.74 Å². The van der Waals surface area contributed by atoms with Gasteiger partial charge in [0, 0.05) is 6.54 Å². The van der Waals surface area contributed by atoms with Crippen LogP contribution in [0.1, 0.15) is 21.5 Å². The second-order valence-corrected chi connectivity index (χ2v) is 8.12. The van der Waals surface area contributed by atoms with E-state index in [2.05, 4.69) is 10.0 Å². The molecule has 1 amide bonds. The third-order valence-corrected chi connectivity index (χ3v) is 5.75. The van der Waals surface area contributed by atoms with E-state index in [1.54, 1.807) is 42.5 Å². The molecule has 0 aliphatic rings. The van der Waals surface area contributed by atoms with Crippen LogP contribution in [0.5, 0.6) is 5.75 Å². The molecule has 29 heavy (non-hydrogen) atoms. The predicted octanol–water partition coefficient (Wildman–Crippen LogP) is 3.73. The summed E-state index contributed by atoms with van der Waals surface area (Å²) in [6.07, 6.45) is 0. The van der Waals surface area contributed by atoms with Crippen LogP contribution in [-0.2, 0) is 16.6 Å². The van der Waals surface area contributed by atoms with Gasteiger partial charge in [0.25, 0.3) is 15.9 Å². The Hall–Kier alpha value is -3.32. The average molecular weight is 410 g/mol. The summed E-state index contributed by atoms with van der Waals surface area (Å²) in [5, 5.41) is 2.82. The maximum Gasteiger partial charge on any atom is 0.265 e. The van der Waals surface area contributed by atoms with Crippen LogP contribution in [-0.4, -0.2) is 21.4 Å². The summed E-state index contributed by atoms with van der Waals surface area (Å²) in [4.78, 5) is 12.7. The van der Waals surface area contributed by atoms with Crippen molar-refractivity contribution in [2.75, 3.05) is 11.8 Å². The second-order valence-electron chi connectivity index (χ2n) is 6.47. The lowest BCUT2D eigenvalue weighted by molar-refractivity contribution is 0.0952. The van der Waals surface area contributed by atoms with Gasteiger partial charge in [-0.25, -0.2) is 8.42 Å². The third-order valence-electron chi connectivity index (χ3n) is 4.35. The van der Waals surface area contributed by atoms with E-state index in [1.165, 1.54) is 13.2 Å². The summed E-state index contributed by atoms with van der Waals surface area (Å²) in [6.45, 7) is 2.33. The van der Waals surface area contributed by atoms with Crippen molar-refractivity contribution in [1.82, 2.24) is 5.32 Å². The maximum absolute atomic E-state index is 12.8. The summed E-state index contributed by atoms with van der Waals surface area (Å²) in [6, 6.07) is 20.6. The van der Waals surface area contributed by atoms with Crippen molar-refractivity contribution >= 4 is 21.6 Å². The van der Waals surface area contributed by atoms with Gasteiger partial charge in [-0.15, -0.1) is 0 Å². The van der Waals surface area contributed by atoms with Crippen LogP contribution in [0.25, 0.3) is 0 Å². The van der Waals surface area contributed by atoms with Crippen LogP contribution < -0.4 is 14.8 Å². The van der Waals surface area contributed by atoms with Crippen molar-refractivity contribution in [3.8, 4) is 5.75 Å². The quantitative estimate of drug-likeness (QED) is 0.622. The van der Waals surface area contributed by atoms with Crippen molar-refractivity contribution in [2.45, 2.75) is 18.4 Å². The number of benzene rings is 3. The average Bonchev–Trinajstić information content (AvgIpc) is 2.73. The van der Waals surface area contributed by atoms with E-state index in [-0.39, 0.29) is 27.8 Å². The molecule has 0 fully saturated rings. The molecule has 6 nitrogen and oxygen atoms in total. The van der Waals surface area contributed by atoms with Gasteiger partial charge in [0.1, 0.15) is 10.6 Å². The van der Waals surface area contributed by atoms with Crippen LogP contribution in [0, 0.1) is 6.92 Å². The highest BCUT2D eigenvalue weighted by molar-refractivity contribution is 7.92. The zero-order valence-electron chi connectivity index (χ0n) is 16.2. The number of aryl methyl sites for hydroxylation is 1. The Kier molecular flexibility index (Phi) is 6.19. The fourth-order valence-corrected chi connectivity index (χ4v) is 4.05.